The van der Waals surface area contributed by atoms with Gasteiger partial charge in [-0.3, -0.25) is 0 Å². The first-order valence-electron chi connectivity index (χ1n) is 9.12. The van der Waals surface area contributed by atoms with Gasteiger partial charge in [-0.1, -0.05) is 42.3 Å². The van der Waals surface area contributed by atoms with Crippen LogP contribution in [0.5, 0.6) is 11.6 Å². The molecule has 146 valence electrons. The van der Waals surface area contributed by atoms with Crippen molar-refractivity contribution in [2.24, 2.45) is 0 Å². The van der Waals surface area contributed by atoms with Crippen LogP contribution in [0.4, 0.5) is 5.82 Å². The number of aromatic nitrogens is 3. The summed E-state index contributed by atoms with van der Waals surface area (Å²) >= 11 is 12.5. The summed E-state index contributed by atoms with van der Waals surface area (Å²) in [6.45, 7) is 6.55. The van der Waals surface area contributed by atoms with Crippen LogP contribution in [-0.4, -0.2) is 21.5 Å². The highest BCUT2D eigenvalue weighted by Gasteiger charge is 2.09. The first-order chi connectivity index (χ1) is 13.5. The standard InChI is InChI=1S/C21H22Cl2N4O/c1-4-18-19(23)20(27-14(3)26-18)24-10-9-15-5-7-16(8-6-15)28-21-17(22)11-13(2)12-25-21/h5-8,11-12H,4,9-10H2,1-3H3,(H,24,26,27). The molecule has 2 heterocycles. The fourth-order valence-corrected chi connectivity index (χ4v) is 3.27. The molecular formula is C21H22Cl2N4O. The number of hydrogen-bond donors (Lipinski definition) is 1. The van der Waals surface area contributed by atoms with E-state index in [2.05, 4.69) is 20.3 Å². The van der Waals surface area contributed by atoms with Crippen LogP contribution in [0, 0.1) is 13.8 Å². The van der Waals surface area contributed by atoms with Crippen molar-refractivity contribution in [2.45, 2.75) is 33.6 Å². The minimum Gasteiger partial charge on any atom is -0.438 e. The van der Waals surface area contributed by atoms with E-state index in [0.29, 0.717) is 39.9 Å². The number of nitrogens with one attached hydrogen (secondary N) is 1. The molecule has 0 spiro atoms. The van der Waals surface area contributed by atoms with Crippen molar-refractivity contribution in [3.63, 3.8) is 0 Å². The van der Waals surface area contributed by atoms with E-state index in [9.17, 15) is 0 Å². The van der Waals surface area contributed by atoms with E-state index in [1.165, 1.54) is 5.56 Å². The molecule has 0 saturated carbocycles. The molecule has 0 aliphatic carbocycles. The lowest BCUT2D eigenvalue weighted by atomic mass is 10.1. The van der Waals surface area contributed by atoms with E-state index < -0.39 is 0 Å². The van der Waals surface area contributed by atoms with E-state index in [1.807, 2.05) is 51.1 Å². The molecular weight excluding hydrogens is 395 g/mol. The first kappa shape index (κ1) is 20.4. The smallest absolute Gasteiger partial charge is 0.238 e. The number of anilines is 1. The number of halogens is 2. The van der Waals surface area contributed by atoms with Crippen molar-refractivity contribution >= 4 is 29.0 Å². The molecule has 2 aromatic heterocycles. The van der Waals surface area contributed by atoms with Crippen LogP contribution in [0.25, 0.3) is 0 Å². The molecule has 1 aromatic carbocycles. The van der Waals surface area contributed by atoms with Gasteiger partial charge in [-0.05, 0) is 56.0 Å². The Labute approximate surface area is 175 Å². The van der Waals surface area contributed by atoms with Gasteiger partial charge in [0, 0.05) is 12.7 Å². The molecule has 3 aromatic rings. The van der Waals surface area contributed by atoms with Crippen LogP contribution in [0.2, 0.25) is 10.0 Å². The van der Waals surface area contributed by atoms with Crippen LogP contribution >= 0.6 is 23.2 Å². The summed E-state index contributed by atoms with van der Waals surface area (Å²) in [6.07, 6.45) is 3.33. The van der Waals surface area contributed by atoms with E-state index in [1.54, 1.807) is 6.20 Å². The third-order valence-electron chi connectivity index (χ3n) is 4.15. The summed E-state index contributed by atoms with van der Waals surface area (Å²) in [6, 6.07) is 9.68. The average molecular weight is 417 g/mol. The second-order valence-corrected chi connectivity index (χ2v) is 7.24. The maximum atomic E-state index is 6.36. The molecule has 0 aliphatic rings. The zero-order valence-corrected chi connectivity index (χ0v) is 17.6. The molecule has 0 radical (unpaired) electrons. The Morgan fingerprint density at radius 3 is 2.50 bits per heavy atom. The van der Waals surface area contributed by atoms with E-state index >= 15 is 0 Å². The molecule has 28 heavy (non-hydrogen) atoms. The molecule has 0 amide bonds. The number of aryl methyl sites for hydroxylation is 3. The van der Waals surface area contributed by atoms with E-state index in [4.69, 9.17) is 27.9 Å². The fourth-order valence-electron chi connectivity index (χ4n) is 2.73. The summed E-state index contributed by atoms with van der Waals surface area (Å²) in [5, 5.41) is 4.40. The van der Waals surface area contributed by atoms with Gasteiger partial charge in [-0.15, -0.1) is 0 Å². The monoisotopic (exact) mass is 416 g/mol. The lowest BCUT2D eigenvalue weighted by Crippen LogP contribution is -2.09. The predicted octanol–water partition coefficient (Wildman–Crippen LogP) is 5.80. The van der Waals surface area contributed by atoms with Crippen molar-refractivity contribution < 1.29 is 4.74 Å². The third kappa shape index (κ3) is 5.12. The van der Waals surface area contributed by atoms with Crippen LogP contribution < -0.4 is 10.1 Å². The molecule has 0 bridgehead atoms. The lowest BCUT2D eigenvalue weighted by molar-refractivity contribution is 0.463. The highest BCUT2D eigenvalue weighted by atomic mass is 35.5. The molecule has 0 atom stereocenters. The average Bonchev–Trinajstić information content (AvgIpc) is 2.67. The van der Waals surface area contributed by atoms with Crippen LogP contribution in [0.15, 0.2) is 36.5 Å². The normalized spacial score (nSPS) is 10.8. The Hall–Kier alpha value is -2.37. The molecule has 0 saturated heterocycles. The SMILES string of the molecule is CCc1nc(C)nc(NCCc2ccc(Oc3ncc(C)cc3Cl)cc2)c1Cl. The fraction of sp³-hybridized carbons (Fsp3) is 0.286. The number of hydrogen-bond acceptors (Lipinski definition) is 5. The van der Waals surface area contributed by atoms with Gasteiger partial charge in [0.2, 0.25) is 5.88 Å². The van der Waals surface area contributed by atoms with E-state index in [-0.39, 0.29) is 0 Å². The van der Waals surface area contributed by atoms with Crippen LogP contribution in [-0.2, 0) is 12.8 Å². The minimum atomic E-state index is 0.405. The Morgan fingerprint density at radius 2 is 1.82 bits per heavy atom. The predicted molar refractivity (Wildman–Crippen MR) is 114 cm³/mol. The Morgan fingerprint density at radius 1 is 1.07 bits per heavy atom. The molecule has 0 aliphatic heterocycles. The first-order valence-corrected chi connectivity index (χ1v) is 9.87. The van der Waals surface area contributed by atoms with Crippen molar-refractivity contribution in [2.75, 3.05) is 11.9 Å². The summed E-state index contributed by atoms with van der Waals surface area (Å²) < 4.78 is 5.75. The largest absolute Gasteiger partial charge is 0.438 e. The maximum absolute atomic E-state index is 6.36. The second-order valence-electron chi connectivity index (χ2n) is 6.46. The summed E-state index contributed by atoms with van der Waals surface area (Å²) in [5.74, 6) is 2.50. The van der Waals surface area contributed by atoms with Gasteiger partial charge in [0.25, 0.3) is 0 Å². The van der Waals surface area contributed by atoms with Gasteiger partial charge in [-0.2, -0.15) is 0 Å². The topological polar surface area (TPSA) is 59.9 Å². The molecule has 3 rings (SSSR count). The number of nitrogens with zero attached hydrogens (tertiary/aromatic N) is 3. The highest BCUT2D eigenvalue weighted by Crippen LogP contribution is 2.28. The zero-order chi connectivity index (χ0) is 20.1. The van der Waals surface area contributed by atoms with E-state index in [0.717, 1.165) is 24.1 Å². The van der Waals surface area contributed by atoms with Crippen molar-refractivity contribution in [3.8, 4) is 11.6 Å². The second kappa shape index (κ2) is 9.22. The summed E-state index contributed by atoms with van der Waals surface area (Å²) in [4.78, 5) is 13.0. The third-order valence-corrected chi connectivity index (χ3v) is 4.82. The van der Waals surface area contributed by atoms with Crippen molar-refractivity contribution in [3.05, 3.63) is 69.2 Å². The summed E-state index contributed by atoms with van der Waals surface area (Å²) in [7, 11) is 0. The van der Waals surface area contributed by atoms with Gasteiger partial charge in [0.15, 0.2) is 0 Å². The molecule has 0 fully saturated rings. The highest BCUT2D eigenvalue weighted by molar-refractivity contribution is 6.33. The van der Waals surface area contributed by atoms with Gasteiger partial charge in [-0.25, -0.2) is 15.0 Å². The van der Waals surface area contributed by atoms with Gasteiger partial charge in [0.1, 0.15) is 27.4 Å². The number of pyridine rings is 1. The van der Waals surface area contributed by atoms with Crippen LogP contribution in [0.3, 0.4) is 0 Å². The maximum Gasteiger partial charge on any atom is 0.238 e. The number of benzene rings is 1. The Bertz CT molecular complexity index is 961. The molecule has 1 N–H and O–H groups in total. The number of rotatable bonds is 7. The summed E-state index contributed by atoms with van der Waals surface area (Å²) in [5.41, 5.74) is 3.02. The van der Waals surface area contributed by atoms with Gasteiger partial charge >= 0.3 is 0 Å². The quantitative estimate of drug-likeness (QED) is 0.526. The minimum absolute atomic E-state index is 0.405. The molecule has 5 nitrogen and oxygen atoms in total. The molecule has 0 unspecified atom stereocenters. The Balaban J connectivity index is 1.58. The lowest BCUT2D eigenvalue weighted by Gasteiger charge is -2.11. The Kier molecular flexibility index (Phi) is 6.70. The van der Waals surface area contributed by atoms with Crippen molar-refractivity contribution in [1.29, 1.82) is 0 Å². The van der Waals surface area contributed by atoms with Crippen molar-refractivity contribution in [1.82, 2.24) is 15.0 Å². The van der Waals surface area contributed by atoms with Crippen LogP contribution in [0.1, 0.15) is 29.6 Å². The molecule has 7 heteroatoms. The number of ether oxygens (including phenoxy) is 1. The van der Waals surface area contributed by atoms with Gasteiger partial charge < -0.3 is 10.1 Å². The zero-order valence-electron chi connectivity index (χ0n) is 16.1. The van der Waals surface area contributed by atoms with Gasteiger partial charge in [0.05, 0.1) is 5.69 Å².